The standard InChI is InChI=1S/C15H22N2O3/c1-16(15(18)12-19-2)11-13-3-5-14(6-4-13)17-7-9-20-10-8-17/h3-6H,7-12H2,1-2H3. The number of likely N-dealkylation sites (N-methyl/N-ethyl adjacent to an activating group) is 1. The second-order valence-corrected chi connectivity index (χ2v) is 4.95. The normalized spacial score (nSPS) is 15.2. The van der Waals surface area contributed by atoms with Crippen LogP contribution in [0.5, 0.6) is 0 Å². The molecule has 0 aliphatic carbocycles. The first kappa shape index (κ1) is 14.8. The number of hydrogen-bond acceptors (Lipinski definition) is 4. The molecule has 1 amide bonds. The lowest BCUT2D eigenvalue weighted by molar-refractivity contribution is -0.134. The van der Waals surface area contributed by atoms with Crippen molar-refractivity contribution in [2.45, 2.75) is 6.54 Å². The van der Waals surface area contributed by atoms with Gasteiger partial charge in [0.25, 0.3) is 0 Å². The summed E-state index contributed by atoms with van der Waals surface area (Å²) in [5.41, 5.74) is 2.33. The summed E-state index contributed by atoms with van der Waals surface area (Å²) in [6.07, 6.45) is 0. The van der Waals surface area contributed by atoms with Gasteiger partial charge in [0, 0.05) is 39.5 Å². The summed E-state index contributed by atoms with van der Waals surface area (Å²) < 4.78 is 10.2. The van der Waals surface area contributed by atoms with Gasteiger partial charge in [0.2, 0.25) is 5.91 Å². The van der Waals surface area contributed by atoms with E-state index in [1.165, 1.54) is 12.8 Å². The monoisotopic (exact) mass is 278 g/mol. The van der Waals surface area contributed by atoms with E-state index in [4.69, 9.17) is 9.47 Å². The summed E-state index contributed by atoms with van der Waals surface area (Å²) in [4.78, 5) is 15.6. The number of anilines is 1. The molecule has 2 rings (SSSR count). The summed E-state index contributed by atoms with van der Waals surface area (Å²) in [5, 5.41) is 0. The van der Waals surface area contributed by atoms with Gasteiger partial charge < -0.3 is 19.3 Å². The van der Waals surface area contributed by atoms with Gasteiger partial charge in [-0.3, -0.25) is 4.79 Å². The van der Waals surface area contributed by atoms with E-state index in [0.29, 0.717) is 6.54 Å². The lowest BCUT2D eigenvalue weighted by Crippen LogP contribution is -2.36. The number of nitrogens with zero attached hydrogens (tertiary/aromatic N) is 2. The Balaban J connectivity index is 1.92. The minimum Gasteiger partial charge on any atom is -0.378 e. The Morgan fingerprint density at radius 2 is 1.95 bits per heavy atom. The number of ether oxygens (including phenoxy) is 2. The average molecular weight is 278 g/mol. The predicted octanol–water partition coefficient (Wildman–Crippen LogP) is 1.13. The van der Waals surface area contributed by atoms with Gasteiger partial charge in [-0.2, -0.15) is 0 Å². The molecular formula is C15H22N2O3. The minimum atomic E-state index is -0.00949. The SMILES string of the molecule is COCC(=O)N(C)Cc1ccc(N2CCOCC2)cc1. The molecule has 0 atom stereocenters. The fourth-order valence-electron chi connectivity index (χ4n) is 2.23. The van der Waals surface area contributed by atoms with E-state index in [-0.39, 0.29) is 12.5 Å². The van der Waals surface area contributed by atoms with E-state index < -0.39 is 0 Å². The molecule has 1 aliphatic heterocycles. The molecule has 0 spiro atoms. The lowest BCUT2D eigenvalue weighted by Gasteiger charge is -2.29. The Bertz CT molecular complexity index is 427. The van der Waals surface area contributed by atoms with Crippen LogP contribution in [0.4, 0.5) is 5.69 Å². The van der Waals surface area contributed by atoms with Crippen LogP contribution < -0.4 is 4.90 Å². The van der Waals surface area contributed by atoms with Gasteiger partial charge in [0.15, 0.2) is 0 Å². The van der Waals surface area contributed by atoms with Crippen LogP contribution in [0.25, 0.3) is 0 Å². The van der Waals surface area contributed by atoms with E-state index in [1.54, 1.807) is 11.9 Å². The fraction of sp³-hybridized carbons (Fsp3) is 0.533. The number of amides is 1. The molecule has 0 aromatic heterocycles. The second kappa shape index (κ2) is 7.26. The van der Waals surface area contributed by atoms with Gasteiger partial charge in [-0.05, 0) is 17.7 Å². The van der Waals surface area contributed by atoms with E-state index in [2.05, 4.69) is 29.2 Å². The first-order chi connectivity index (χ1) is 9.70. The summed E-state index contributed by atoms with van der Waals surface area (Å²) in [5.74, 6) is -0.00949. The molecule has 0 bridgehead atoms. The van der Waals surface area contributed by atoms with Crippen molar-refractivity contribution in [2.75, 3.05) is 52.0 Å². The number of hydrogen-bond donors (Lipinski definition) is 0. The van der Waals surface area contributed by atoms with Crippen LogP contribution in [0.15, 0.2) is 24.3 Å². The molecule has 1 aliphatic rings. The van der Waals surface area contributed by atoms with Gasteiger partial charge >= 0.3 is 0 Å². The maximum Gasteiger partial charge on any atom is 0.248 e. The van der Waals surface area contributed by atoms with Crippen molar-refractivity contribution in [1.82, 2.24) is 4.90 Å². The summed E-state index contributed by atoms with van der Waals surface area (Å²) >= 11 is 0. The van der Waals surface area contributed by atoms with E-state index in [0.717, 1.165) is 31.9 Å². The zero-order valence-electron chi connectivity index (χ0n) is 12.2. The molecule has 0 unspecified atom stereocenters. The van der Waals surface area contributed by atoms with Gasteiger partial charge in [-0.1, -0.05) is 12.1 Å². The van der Waals surface area contributed by atoms with Gasteiger partial charge in [-0.25, -0.2) is 0 Å². The van der Waals surface area contributed by atoms with Crippen LogP contribution >= 0.6 is 0 Å². The zero-order chi connectivity index (χ0) is 14.4. The first-order valence-corrected chi connectivity index (χ1v) is 6.85. The van der Waals surface area contributed by atoms with Crippen LogP contribution in [-0.4, -0.2) is 57.9 Å². The molecule has 1 aromatic rings. The summed E-state index contributed by atoms with van der Waals surface area (Å²) in [7, 11) is 3.32. The second-order valence-electron chi connectivity index (χ2n) is 4.95. The highest BCUT2D eigenvalue weighted by atomic mass is 16.5. The molecule has 110 valence electrons. The van der Waals surface area contributed by atoms with Crippen LogP contribution in [0, 0.1) is 0 Å². The molecule has 1 saturated heterocycles. The molecule has 20 heavy (non-hydrogen) atoms. The highest BCUT2D eigenvalue weighted by Gasteiger charge is 2.12. The predicted molar refractivity (Wildman–Crippen MR) is 77.8 cm³/mol. The Hall–Kier alpha value is -1.59. The van der Waals surface area contributed by atoms with Crippen molar-refractivity contribution in [3.8, 4) is 0 Å². The van der Waals surface area contributed by atoms with E-state index in [1.807, 2.05) is 0 Å². The van der Waals surface area contributed by atoms with Crippen LogP contribution in [0.1, 0.15) is 5.56 Å². The Kier molecular flexibility index (Phi) is 5.38. The van der Waals surface area contributed by atoms with Crippen molar-refractivity contribution in [3.05, 3.63) is 29.8 Å². The lowest BCUT2D eigenvalue weighted by atomic mass is 10.2. The first-order valence-electron chi connectivity index (χ1n) is 6.85. The van der Waals surface area contributed by atoms with Gasteiger partial charge in [-0.15, -0.1) is 0 Å². The number of rotatable bonds is 5. The third-order valence-corrected chi connectivity index (χ3v) is 3.43. The largest absolute Gasteiger partial charge is 0.378 e. The third-order valence-electron chi connectivity index (χ3n) is 3.43. The number of methoxy groups -OCH3 is 1. The Labute approximate surface area is 120 Å². The van der Waals surface area contributed by atoms with Crippen LogP contribution in [0.2, 0.25) is 0 Å². The maximum absolute atomic E-state index is 11.6. The van der Waals surface area contributed by atoms with Gasteiger partial charge in [0.05, 0.1) is 13.2 Å². The van der Waals surface area contributed by atoms with Crippen molar-refractivity contribution < 1.29 is 14.3 Å². The molecule has 1 heterocycles. The van der Waals surface area contributed by atoms with Crippen molar-refractivity contribution in [2.24, 2.45) is 0 Å². The molecule has 5 nitrogen and oxygen atoms in total. The molecule has 1 fully saturated rings. The smallest absolute Gasteiger partial charge is 0.248 e. The molecule has 5 heteroatoms. The fourth-order valence-corrected chi connectivity index (χ4v) is 2.23. The van der Waals surface area contributed by atoms with Gasteiger partial charge in [0.1, 0.15) is 6.61 Å². The molecule has 0 saturated carbocycles. The number of benzene rings is 1. The van der Waals surface area contributed by atoms with Crippen molar-refractivity contribution in [3.63, 3.8) is 0 Å². The maximum atomic E-state index is 11.6. The van der Waals surface area contributed by atoms with E-state index >= 15 is 0 Å². The van der Waals surface area contributed by atoms with E-state index in [9.17, 15) is 4.79 Å². The molecular weight excluding hydrogens is 256 g/mol. The summed E-state index contributed by atoms with van der Waals surface area (Å²) in [6.45, 7) is 4.18. The minimum absolute atomic E-state index is 0.00949. The highest BCUT2D eigenvalue weighted by Crippen LogP contribution is 2.17. The zero-order valence-corrected chi connectivity index (χ0v) is 12.2. The Morgan fingerprint density at radius 3 is 2.55 bits per heavy atom. The third kappa shape index (κ3) is 3.95. The highest BCUT2D eigenvalue weighted by molar-refractivity contribution is 5.77. The molecule has 0 radical (unpaired) electrons. The van der Waals surface area contributed by atoms with Crippen LogP contribution in [-0.2, 0) is 20.8 Å². The van der Waals surface area contributed by atoms with Crippen molar-refractivity contribution in [1.29, 1.82) is 0 Å². The Morgan fingerprint density at radius 1 is 1.30 bits per heavy atom. The number of carbonyl (C=O) groups excluding carboxylic acids is 1. The van der Waals surface area contributed by atoms with Crippen molar-refractivity contribution >= 4 is 11.6 Å². The number of morpholine rings is 1. The quantitative estimate of drug-likeness (QED) is 0.809. The van der Waals surface area contributed by atoms with Crippen LogP contribution in [0.3, 0.4) is 0 Å². The number of carbonyl (C=O) groups is 1. The average Bonchev–Trinajstić information content (AvgIpc) is 2.49. The molecule has 0 N–H and O–H groups in total. The topological polar surface area (TPSA) is 42.0 Å². The summed E-state index contributed by atoms with van der Waals surface area (Å²) in [6, 6.07) is 8.35. The molecule has 1 aromatic carbocycles.